The quantitative estimate of drug-likeness (QED) is 0.655. The lowest BCUT2D eigenvalue weighted by Crippen LogP contribution is -2.23. The topological polar surface area (TPSA) is 78.3 Å². The van der Waals surface area contributed by atoms with Crippen molar-refractivity contribution in [1.29, 1.82) is 0 Å². The highest BCUT2D eigenvalue weighted by Gasteiger charge is 2.05. The number of nitrogens with zero attached hydrogens (tertiary/aromatic N) is 2. The second kappa shape index (κ2) is 5.63. The molecule has 5 heteroatoms. The molecule has 0 radical (unpaired) electrons. The molecule has 3 N–H and O–H groups in total. The standard InChI is InChI=1S/C10H17N3O2/c1-7(2)9-3-10(13-6-12-9)11-4-8(15)5-14/h3,6-8,14-15H,4-5H2,1-2H3,(H,11,12,13). The molecule has 0 spiro atoms. The van der Waals surface area contributed by atoms with Gasteiger partial charge in [-0.1, -0.05) is 13.8 Å². The second-order valence-electron chi connectivity index (χ2n) is 3.70. The molecule has 1 aromatic rings. The van der Waals surface area contributed by atoms with Crippen LogP contribution in [0, 0.1) is 0 Å². The summed E-state index contributed by atoms with van der Waals surface area (Å²) in [6.07, 6.45) is 0.727. The number of aliphatic hydroxyl groups excluding tert-OH is 2. The fourth-order valence-electron chi connectivity index (χ4n) is 1.07. The molecule has 0 aliphatic carbocycles. The third kappa shape index (κ3) is 3.81. The smallest absolute Gasteiger partial charge is 0.129 e. The van der Waals surface area contributed by atoms with E-state index in [4.69, 9.17) is 10.2 Å². The zero-order valence-electron chi connectivity index (χ0n) is 9.01. The maximum absolute atomic E-state index is 9.14. The van der Waals surface area contributed by atoms with Gasteiger partial charge in [-0.05, 0) is 5.92 Å². The number of hydrogen-bond acceptors (Lipinski definition) is 5. The van der Waals surface area contributed by atoms with Crippen molar-refractivity contribution in [2.75, 3.05) is 18.5 Å². The normalized spacial score (nSPS) is 12.9. The molecule has 0 bridgehead atoms. The van der Waals surface area contributed by atoms with Gasteiger partial charge < -0.3 is 15.5 Å². The average Bonchev–Trinajstić information content (AvgIpc) is 2.26. The molecule has 0 saturated heterocycles. The largest absolute Gasteiger partial charge is 0.394 e. The molecule has 0 aliphatic rings. The third-order valence-corrected chi connectivity index (χ3v) is 2.01. The van der Waals surface area contributed by atoms with Gasteiger partial charge in [0.15, 0.2) is 0 Å². The van der Waals surface area contributed by atoms with Gasteiger partial charge in [0.05, 0.1) is 12.7 Å². The number of aromatic nitrogens is 2. The van der Waals surface area contributed by atoms with Gasteiger partial charge in [-0.3, -0.25) is 0 Å². The van der Waals surface area contributed by atoms with Crippen molar-refractivity contribution in [3.8, 4) is 0 Å². The lowest BCUT2D eigenvalue weighted by Gasteiger charge is -2.10. The van der Waals surface area contributed by atoms with Crippen LogP contribution in [-0.2, 0) is 0 Å². The van der Waals surface area contributed by atoms with E-state index in [9.17, 15) is 0 Å². The molecule has 1 rings (SSSR count). The molecule has 1 unspecified atom stereocenters. The summed E-state index contributed by atoms with van der Waals surface area (Å²) in [5.74, 6) is 1.01. The fourth-order valence-corrected chi connectivity index (χ4v) is 1.07. The summed E-state index contributed by atoms with van der Waals surface area (Å²) in [7, 11) is 0. The van der Waals surface area contributed by atoms with Crippen LogP contribution in [0.1, 0.15) is 25.5 Å². The SMILES string of the molecule is CC(C)c1cc(NCC(O)CO)ncn1. The van der Waals surface area contributed by atoms with E-state index in [1.54, 1.807) is 0 Å². The highest BCUT2D eigenvalue weighted by molar-refractivity contribution is 5.35. The Hall–Kier alpha value is -1.20. The van der Waals surface area contributed by atoms with E-state index in [0.717, 1.165) is 5.69 Å². The van der Waals surface area contributed by atoms with Crippen LogP contribution < -0.4 is 5.32 Å². The molecule has 1 heterocycles. The van der Waals surface area contributed by atoms with Crippen LogP contribution in [0.2, 0.25) is 0 Å². The van der Waals surface area contributed by atoms with E-state index in [2.05, 4.69) is 29.1 Å². The first-order valence-corrected chi connectivity index (χ1v) is 4.98. The Morgan fingerprint density at radius 3 is 2.73 bits per heavy atom. The van der Waals surface area contributed by atoms with Gasteiger partial charge in [0.2, 0.25) is 0 Å². The molecule has 0 aliphatic heterocycles. The van der Waals surface area contributed by atoms with Crippen molar-refractivity contribution in [3.63, 3.8) is 0 Å². The molecule has 15 heavy (non-hydrogen) atoms. The van der Waals surface area contributed by atoms with Crippen molar-refractivity contribution in [2.24, 2.45) is 0 Å². The predicted octanol–water partition coefficient (Wildman–Crippen LogP) is 0.365. The Balaban J connectivity index is 2.58. The Bertz CT molecular complexity index is 304. The zero-order valence-corrected chi connectivity index (χ0v) is 9.01. The number of aliphatic hydroxyl groups is 2. The van der Waals surface area contributed by atoms with Crippen molar-refractivity contribution in [3.05, 3.63) is 18.1 Å². The van der Waals surface area contributed by atoms with Gasteiger partial charge in [-0.2, -0.15) is 0 Å². The van der Waals surface area contributed by atoms with Gasteiger partial charge in [-0.15, -0.1) is 0 Å². The first kappa shape index (κ1) is 11.9. The second-order valence-corrected chi connectivity index (χ2v) is 3.70. The fraction of sp³-hybridized carbons (Fsp3) is 0.600. The average molecular weight is 211 g/mol. The maximum atomic E-state index is 9.14. The molecule has 0 fully saturated rings. The molecular formula is C10H17N3O2. The van der Waals surface area contributed by atoms with E-state index < -0.39 is 6.10 Å². The van der Waals surface area contributed by atoms with E-state index in [-0.39, 0.29) is 13.2 Å². The summed E-state index contributed by atoms with van der Waals surface area (Å²) < 4.78 is 0. The predicted molar refractivity (Wildman–Crippen MR) is 57.7 cm³/mol. The third-order valence-electron chi connectivity index (χ3n) is 2.01. The highest BCUT2D eigenvalue weighted by atomic mass is 16.3. The lowest BCUT2D eigenvalue weighted by molar-refractivity contribution is 0.105. The maximum Gasteiger partial charge on any atom is 0.129 e. The van der Waals surface area contributed by atoms with Gasteiger partial charge in [0, 0.05) is 18.3 Å². The van der Waals surface area contributed by atoms with Crippen molar-refractivity contribution < 1.29 is 10.2 Å². The van der Waals surface area contributed by atoms with Crippen molar-refractivity contribution >= 4 is 5.82 Å². The summed E-state index contributed by atoms with van der Waals surface area (Å²) in [5, 5.41) is 20.7. The highest BCUT2D eigenvalue weighted by Crippen LogP contribution is 2.13. The minimum Gasteiger partial charge on any atom is -0.394 e. The summed E-state index contributed by atoms with van der Waals surface area (Å²) in [4.78, 5) is 8.14. The zero-order chi connectivity index (χ0) is 11.3. The number of rotatable bonds is 5. The summed E-state index contributed by atoms with van der Waals surface area (Å²) >= 11 is 0. The van der Waals surface area contributed by atoms with Crippen molar-refractivity contribution in [1.82, 2.24) is 9.97 Å². The van der Waals surface area contributed by atoms with Gasteiger partial charge in [-0.25, -0.2) is 9.97 Å². The Morgan fingerprint density at radius 1 is 1.40 bits per heavy atom. The number of anilines is 1. The molecular weight excluding hydrogens is 194 g/mol. The number of nitrogens with one attached hydrogen (secondary N) is 1. The minimum atomic E-state index is -0.762. The number of hydrogen-bond donors (Lipinski definition) is 3. The molecule has 0 saturated carbocycles. The minimum absolute atomic E-state index is 0.255. The van der Waals surface area contributed by atoms with Gasteiger partial charge >= 0.3 is 0 Å². The van der Waals surface area contributed by atoms with Crippen LogP contribution in [0.4, 0.5) is 5.82 Å². The van der Waals surface area contributed by atoms with E-state index >= 15 is 0 Å². The lowest BCUT2D eigenvalue weighted by atomic mass is 10.1. The van der Waals surface area contributed by atoms with Crippen LogP contribution in [0.25, 0.3) is 0 Å². The monoisotopic (exact) mass is 211 g/mol. The Morgan fingerprint density at radius 2 is 2.13 bits per heavy atom. The first-order valence-electron chi connectivity index (χ1n) is 4.98. The van der Waals surface area contributed by atoms with Crippen LogP contribution in [-0.4, -0.2) is 39.4 Å². The van der Waals surface area contributed by atoms with Crippen molar-refractivity contribution in [2.45, 2.75) is 25.9 Å². The molecule has 0 aromatic carbocycles. The van der Waals surface area contributed by atoms with Crippen LogP contribution in [0.15, 0.2) is 12.4 Å². The summed E-state index contributed by atoms with van der Waals surface area (Å²) in [6.45, 7) is 4.13. The molecule has 84 valence electrons. The molecule has 1 aromatic heterocycles. The Labute approximate surface area is 89.2 Å². The van der Waals surface area contributed by atoms with Gasteiger partial charge in [0.1, 0.15) is 12.1 Å². The Kier molecular flexibility index (Phi) is 4.45. The molecule has 1 atom stereocenters. The summed E-state index contributed by atoms with van der Waals surface area (Å²) in [6, 6.07) is 1.84. The van der Waals surface area contributed by atoms with E-state index in [1.165, 1.54) is 6.33 Å². The molecule has 5 nitrogen and oxygen atoms in total. The van der Waals surface area contributed by atoms with E-state index in [1.807, 2.05) is 6.07 Å². The summed E-state index contributed by atoms with van der Waals surface area (Å²) in [5.41, 5.74) is 0.950. The van der Waals surface area contributed by atoms with Crippen LogP contribution >= 0.6 is 0 Å². The molecule has 0 amide bonds. The first-order chi connectivity index (χ1) is 7.13. The van der Waals surface area contributed by atoms with Crippen LogP contribution in [0.5, 0.6) is 0 Å². The van der Waals surface area contributed by atoms with Crippen LogP contribution in [0.3, 0.4) is 0 Å². The van der Waals surface area contributed by atoms with E-state index in [0.29, 0.717) is 11.7 Å². The van der Waals surface area contributed by atoms with Gasteiger partial charge in [0.25, 0.3) is 0 Å².